The maximum atomic E-state index is 12.6. The van der Waals surface area contributed by atoms with Crippen molar-refractivity contribution in [1.82, 2.24) is 20.2 Å². The van der Waals surface area contributed by atoms with Gasteiger partial charge in [-0.05, 0) is 24.6 Å². The van der Waals surface area contributed by atoms with Crippen LogP contribution in [-0.2, 0) is 11.8 Å². The largest absolute Gasteiger partial charge is 0.496 e. The number of amides is 2. The average molecular weight is 392 g/mol. The molecule has 0 aliphatic heterocycles. The predicted molar refractivity (Wildman–Crippen MR) is 110 cm³/mol. The summed E-state index contributed by atoms with van der Waals surface area (Å²) in [5.74, 6) is 0.688. The first kappa shape index (κ1) is 20.1. The Bertz CT molecular complexity index is 1010. The lowest BCUT2D eigenvalue weighted by atomic mass is 10.0. The number of imidazole rings is 1. The number of hydrogen-bond donors (Lipinski definition) is 2. The molecule has 2 aromatic carbocycles. The molecule has 29 heavy (non-hydrogen) atoms. The van der Waals surface area contributed by atoms with E-state index in [4.69, 9.17) is 4.74 Å². The molecule has 2 N–H and O–H groups in total. The van der Waals surface area contributed by atoms with Crippen LogP contribution in [0.15, 0.2) is 60.9 Å². The summed E-state index contributed by atoms with van der Waals surface area (Å²) in [4.78, 5) is 29.4. The molecule has 0 spiro atoms. The van der Waals surface area contributed by atoms with Gasteiger partial charge in [-0.15, -0.1) is 0 Å². The van der Waals surface area contributed by atoms with Gasteiger partial charge in [-0.1, -0.05) is 36.4 Å². The van der Waals surface area contributed by atoms with Gasteiger partial charge in [0.25, 0.3) is 5.91 Å². The molecule has 1 unspecified atom stereocenters. The molecule has 0 bridgehead atoms. The number of carbonyl (C=O) groups excluding carboxylic acids is 2. The monoisotopic (exact) mass is 392 g/mol. The molecule has 3 rings (SSSR count). The molecule has 0 aliphatic carbocycles. The van der Waals surface area contributed by atoms with Gasteiger partial charge in [0.15, 0.2) is 0 Å². The van der Waals surface area contributed by atoms with Crippen molar-refractivity contribution in [3.05, 3.63) is 83.4 Å². The molecule has 0 saturated carbocycles. The van der Waals surface area contributed by atoms with Gasteiger partial charge in [0.1, 0.15) is 17.6 Å². The van der Waals surface area contributed by atoms with Crippen molar-refractivity contribution in [3.8, 4) is 5.75 Å². The molecule has 1 heterocycles. The minimum atomic E-state index is -0.519. The fraction of sp³-hybridized carbons (Fsp3) is 0.227. The molecule has 7 heteroatoms. The zero-order valence-electron chi connectivity index (χ0n) is 16.7. The van der Waals surface area contributed by atoms with Crippen LogP contribution in [0.1, 0.15) is 33.4 Å². The van der Waals surface area contributed by atoms with E-state index >= 15 is 0 Å². The SMILES string of the molecule is COc1ccccc1C(NC(=O)CNC(=O)c1ccccc1C)c1nccn1C. The lowest BCUT2D eigenvalue weighted by molar-refractivity contribution is -0.120. The van der Waals surface area contributed by atoms with E-state index in [0.29, 0.717) is 17.1 Å². The van der Waals surface area contributed by atoms with Gasteiger partial charge >= 0.3 is 0 Å². The number of aromatic nitrogens is 2. The standard InChI is InChI=1S/C22H24N4O3/c1-15-8-4-5-9-16(15)22(28)24-14-19(27)25-20(21-23-12-13-26(21)2)17-10-6-7-11-18(17)29-3/h4-13,20H,14H2,1-3H3,(H,24,28)(H,25,27). The van der Waals surface area contributed by atoms with Crippen LogP contribution < -0.4 is 15.4 Å². The van der Waals surface area contributed by atoms with Crippen LogP contribution >= 0.6 is 0 Å². The summed E-state index contributed by atoms with van der Waals surface area (Å²) in [7, 11) is 3.44. The smallest absolute Gasteiger partial charge is 0.251 e. The lowest BCUT2D eigenvalue weighted by Gasteiger charge is -2.21. The third-order valence-electron chi connectivity index (χ3n) is 4.67. The van der Waals surface area contributed by atoms with Crippen molar-refractivity contribution in [3.63, 3.8) is 0 Å². The fourth-order valence-corrected chi connectivity index (χ4v) is 3.14. The molecular weight excluding hydrogens is 368 g/mol. The van der Waals surface area contributed by atoms with Gasteiger partial charge in [0, 0.05) is 30.6 Å². The summed E-state index contributed by atoms with van der Waals surface area (Å²) < 4.78 is 7.29. The molecule has 7 nitrogen and oxygen atoms in total. The first-order valence-corrected chi connectivity index (χ1v) is 9.24. The molecule has 0 fully saturated rings. The number of methoxy groups -OCH3 is 1. The second-order valence-electron chi connectivity index (χ2n) is 6.64. The summed E-state index contributed by atoms with van der Waals surface area (Å²) in [6.07, 6.45) is 3.48. The fourth-order valence-electron chi connectivity index (χ4n) is 3.14. The third-order valence-corrected chi connectivity index (χ3v) is 4.67. The Morgan fingerprint density at radius 2 is 1.86 bits per heavy atom. The predicted octanol–water partition coefficient (Wildman–Crippen LogP) is 2.37. The zero-order chi connectivity index (χ0) is 20.8. The van der Waals surface area contributed by atoms with Gasteiger partial charge in [0.2, 0.25) is 5.91 Å². The maximum Gasteiger partial charge on any atom is 0.251 e. The summed E-state index contributed by atoms with van der Waals surface area (Å²) in [5.41, 5.74) is 2.18. The van der Waals surface area contributed by atoms with E-state index in [1.807, 2.05) is 61.1 Å². The Morgan fingerprint density at radius 1 is 1.14 bits per heavy atom. The van der Waals surface area contributed by atoms with Crippen LogP contribution in [0.2, 0.25) is 0 Å². The van der Waals surface area contributed by atoms with Crippen molar-refractivity contribution < 1.29 is 14.3 Å². The van der Waals surface area contributed by atoms with Crippen LogP contribution in [0, 0.1) is 6.92 Å². The highest BCUT2D eigenvalue weighted by Crippen LogP contribution is 2.28. The Hall–Kier alpha value is -3.61. The first-order valence-electron chi connectivity index (χ1n) is 9.24. The number of aryl methyl sites for hydroxylation is 2. The molecular formula is C22H24N4O3. The average Bonchev–Trinajstić information content (AvgIpc) is 3.16. The molecule has 1 aromatic heterocycles. The molecule has 0 aliphatic rings. The molecule has 0 saturated heterocycles. The lowest BCUT2D eigenvalue weighted by Crippen LogP contribution is -2.39. The topological polar surface area (TPSA) is 85.2 Å². The van der Waals surface area contributed by atoms with Crippen LogP contribution in [0.25, 0.3) is 0 Å². The van der Waals surface area contributed by atoms with Gasteiger partial charge in [0.05, 0.1) is 13.7 Å². The number of benzene rings is 2. The highest BCUT2D eigenvalue weighted by molar-refractivity contribution is 5.97. The number of carbonyl (C=O) groups is 2. The van der Waals surface area contributed by atoms with Crippen LogP contribution in [-0.4, -0.2) is 35.0 Å². The minimum Gasteiger partial charge on any atom is -0.496 e. The van der Waals surface area contributed by atoms with Crippen molar-refractivity contribution in [1.29, 1.82) is 0 Å². The number of nitrogens with one attached hydrogen (secondary N) is 2. The van der Waals surface area contributed by atoms with E-state index in [1.165, 1.54) is 0 Å². The number of ether oxygens (including phenoxy) is 1. The van der Waals surface area contributed by atoms with E-state index in [-0.39, 0.29) is 18.4 Å². The van der Waals surface area contributed by atoms with Crippen LogP contribution in [0.5, 0.6) is 5.75 Å². The van der Waals surface area contributed by atoms with E-state index in [0.717, 1.165) is 11.1 Å². The van der Waals surface area contributed by atoms with Gasteiger partial charge < -0.3 is 19.9 Å². The summed E-state index contributed by atoms with van der Waals surface area (Å²) in [5, 5.41) is 5.63. The normalized spacial score (nSPS) is 11.6. The van der Waals surface area contributed by atoms with E-state index < -0.39 is 6.04 Å². The molecule has 2 amide bonds. The minimum absolute atomic E-state index is 0.150. The van der Waals surface area contributed by atoms with Gasteiger partial charge in [-0.25, -0.2) is 4.98 Å². The Kier molecular flexibility index (Phi) is 6.29. The van der Waals surface area contributed by atoms with Gasteiger partial charge in [-0.3, -0.25) is 9.59 Å². The second-order valence-corrected chi connectivity index (χ2v) is 6.64. The Labute approximate surface area is 169 Å². The molecule has 1 atom stereocenters. The van der Waals surface area contributed by atoms with E-state index in [9.17, 15) is 9.59 Å². The first-order chi connectivity index (χ1) is 14.0. The van der Waals surface area contributed by atoms with Crippen molar-refractivity contribution >= 4 is 11.8 Å². The highest BCUT2D eigenvalue weighted by atomic mass is 16.5. The maximum absolute atomic E-state index is 12.6. The number of hydrogen-bond acceptors (Lipinski definition) is 4. The zero-order valence-corrected chi connectivity index (χ0v) is 16.7. The van der Waals surface area contributed by atoms with Crippen molar-refractivity contribution in [2.24, 2.45) is 7.05 Å². The van der Waals surface area contributed by atoms with Crippen LogP contribution in [0.4, 0.5) is 0 Å². The highest BCUT2D eigenvalue weighted by Gasteiger charge is 2.24. The molecule has 0 radical (unpaired) electrons. The van der Waals surface area contributed by atoms with E-state index in [2.05, 4.69) is 15.6 Å². The summed E-state index contributed by atoms with van der Waals surface area (Å²) in [6.45, 7) is 1.71. The molecule has 3 aromatic rings. The van der Waals surface area contributed by atoms with Crippen LogP contribution in [0.3, 0.4) is 0 Å². The number of rotatable bonds is 7. The van der Waals surface area contributed by atoms with E-state index in [1.54, 1.807) is 25.4 Å². The Balaban J connectivity index is 1.76. The second kappa shape index (κ2) is 9.05. The van der Waals surface area contributed by atoms with Gasteiger partial charge in [-0.2, -0.15) is 0 Å². The number of para-hydroxylation sites is 1. The van der Waals surface area contributed by atoms with Crippen molar-refractivity contribution in [2.45, 2.75) is 13.0 Å². The summed E-state index contributed by atoms with van der Waals surface area (Å²) >= 11 is 0. The summed E-state index contributed by atoms with van der Waals surface area (Å²) in [6, 6.07) is 14.2. The third kappa shape index (κ3) is 4.63. The molecule has 150 valence electrons. The quantitative estimate of drug-likeness (QED) is 0.646. The van der Waals surface area contributed by atoms with Crippen molar-refractivity contribution in [2.75, 3.05) is 13.7 Å². The number of nitrogens with zero attached hydrogens (tertiary/aromatic N) is 2. The Morgan fingerprint density at radius 3 is 2.55 bits per heavy atom.